The normalized spacial score (nSPS) is 14.5. The highest BCUT2D eigenvalue weighted by atomic mass is 32.2. The molecular formula is C25H33N3OS. The summed E-state index contributed by atoms with van der Waals surface area (Å²) >= 11 is 1.85. The molecule has 3 N–H and O–H groups in total. The smallest absolute Gasteiger partial charge is 0.151 e. The summed E-state index contributed by atoms with van der Waals surface area (Å²) in [5.41, 5.74) is 10.9. The van der Waals surface area contributed by atoms with Crippen molar-refractivity contribution in [3.63, 3.8) is 0 Å². The Labute approximate surface area is 184 Å². The molecule has 2 aromatic carbocycles. The quantitative estimate of drug-likeness (QED) is 0.446. The molecule has 1 aromatic heterocycles. The molecule has 1 aliphatic heterocycles. The van der Waals surface area contributed by atoms with E-state index in [1.807, 2.05) is 43.8 Å². The lowest BCUT2D eigenvalue weighted by atomic mass is 9.98. The Bertz CT molecular complexity index is 910. The average molecular weight is 424 g/mol. The molecule has 0 radical (unpaired) electrons. The molecule has 5 heteroatoms. The first-order valence-electron chi connectivity index (χ1n) is 11.0. The number of fused-ring (bicyclic) bond motifs is 1. The molecule has 0 aliphatic carbocycles. The molecule has 1 aliphatic rings. The summed E-state index contributed by atoms with van der Waals surface area (Å²) in [5, 5.41) is 7.75. The Hall–Kier alpha value is -2.08. The van der Waals surface area contributed by atoms with E-state index in [9.17, 15) is 0 Å². The number of nitrogens with zero attached hydrogens (tertiary/aromatic N) is 1. The van der Waals surface area contributed by atoms with Gasteiger partial charge in [0.05, 0.1) is 11.1 Å². The van der Waals surface area contributed by atoms with Crippen LogP contribution in [0.2, 0.25) is 0 Å². The first kappa shape index (κ1) is 22.6. The van der Waals surface area contributed by atoms with Crippen molar-refractivity contribution in [3.05, 3.63) is 71.5 Å². The Morgan fingerprint density at radius 2 is 1.93 bits per heavy atom. The number of nitrogens with one attached hydrogen (secondary N) is 1. The summed E-state index contributed by atoms with van der Waals surface area (Å²) < 4.78 is 5.50. The zero-order valence-corrected chi connectivity index (χ0v) is 19.0. The van der Waals surface area contributed by atoms with Gasteiger partial charge in [-0.15, -0.1) is 11.8 Å². The standard InChI is InChI=1S/C23H27N3OS.C2H6/c1-16(15-25-23(24)18-7-3-2-4-8-18)10-11-17-6-5-9-19(14-17)21-22-20(27-26-21)12-13-28-22;1-2/h2-9,14,16,23,25H,10-13,15,24H2,1H3;1-2H3. The minimum absolute atomic E-state index is 0.112. The number of hydrogen-bond acceptors (Lipinski definition) is 5. The van der Waals surface area contributed by atoms with Gasteiger partial charge in [-0.1, -0.05) is 74.5 Å². The molecule has 0 spiro atoms. The van der Waals surface area contributed by atoms with Crippen LogP contribution < -0.4 is 11.1 Å². The number of nitrogens with two attached hydrogens (primary N) is 1. The summed E-state index contributed by atoms with van der Waals surface area (Å²) in [6.45, 7) is 7.18. The van der Waals surface area contributed by atoms with Crippen molar-refractivity contribution in [2.24, 2.45) is 11.7 Å². The van der Waals surface area contributed by atoms with E-state index in [4.69, 9.17) is 10.3 Å². The lowest BCUT2D eigenvalue weighted by Gasteiger charge is -2.18. The molecule has 3 aromatic rings. The van der Waals surface area contributed by atoms with Crippen molar-refractivity contribution < 1.29 is 4.52 Å². The van der Waals surface area contributed by atoms with Crippen LogP contribution in [0.4, 0.5) is 0 Å². The molecule has 0 bridgehead atoms. The molecular weight excluding hydrogens is 390 g/mol. The second-order valence-electron chi connectivity index (χ2n) is 7.52. The second-order valence-corrected chi connectivity index (χ2v) is 8.63. The maximum atomic E-state index is 6.24. The predicted molar refractivity (Wildman–Crippen MR) is 127 cm³/mol. The summed E-state index contributed by atoms with van der Waals surface area (Å²) in [7, 11) is 0. The van der Waals surface area contributed by atoms with Crippen LogP contribution in [0.5, 0.6) is 0 Å². The number of hydrogen-bond donors (Lipinski definition) is 2. The van der Waals surface area contributed by atoms with Gasteiger partial charge in [0.1, 0.15) is 5.69 Å². The van der Waals surface area contributed by atoms with E-state index in [0.717, 1.165) is 54.1 Å². The van der Waals surface area contributed by atoms with Crippen LogP contribution >= 0.6 is 11.8 Å². The third kappa shape index (κ3) is 5.75. The highest BCUT2D eigenvalue weighted by Crippen LogP contribution is 2.39. The summed E-state index contributed by atoms with van der Waals surface area (Å²) in [4.78, 5) is 1.23. The van der Waals surface area contributed by atoms with Gasteiger partial charge in [0.25, 0.3) is 0 Å². The number of aryl methyl sites for hydroxylation is 2. The van der Waals surface area contributed by atoms with Gasteiger partial charge in [-0.05, 0) is 42.5 Å². The van der Waals surface area contributed by atoms with E-state index in [1.165, 1.54) is 10.5 Å². The fourth-order valence-electron chi connectivity index (χ4n) is 3.55. The van der Waals surface area contributed by atoms with Crippen molar-refractivity contribution in [2.75, 3.05) is 12.3 Å². The third-order valence-corrected chi connectivity index (χ3v) is 6.38. The highest BCUT2D eigenvalue weighted by Gasteiger charge is 2.22. The second kappa shape index (κ2) is 11.3. The molecule has 160 valence electrons. The summed E-state index contributed by atoms with van der Waals surface area (Å²) in [6, 6.07) is 18.9. The van der Waals surface area contributed by atoms with Gasteiger partial charge >= 0.3 is 0 Å². The maximum Gasteiger partial charge on any atom is 0.151 e. The van der Waals surface area contributed by atoms with Gasteiger partial charge in [0, 0.05) is 17.7 Å². The molecule has 0 saturated heterocycles. The van der Waals surface area contributed by atoms with E-state index in [1.54, 1.807) is 0 Å². The van der Waals surface area contributed by atoms with Crippen molar-refractivity contribution in [1.29, 1.82) is 0 Å². The Morgan fingerprint density at radius 3 is 2.73 bits per heavy atom. The predicted octanol–water partition coefficient (Wildman–Crippen LogP) is 5.83. The minimum Gasteiger partial charge on any atom is -0.360 e. The molecule has 4 rings (SSSR count). The van der Waals surface area contributed by atoms with Crippen LogP contribution in [0.1, 0.15) is 50.2 Å². The van der Waals surface area contributed by atoms with Crippen molar-refractivity contribution in [2.45, 2.75) is 51.1 Å². The molecule has 30 heavy (non-hydrogen) atoms. The summed E-state index contributed by atoms with van der Waals surface area (Å²) in [5.74, 6) is 2.68. The number of aromatic nitrogens is 1. The Balaban J connectivity index is 0.00000124. The molecule has 2 atom stereocenters. The van der Waals surface area contributed by atoms with Gasteiger partial charge in [-0.2, -0.15) is 0 Å². The van der Waals surface area contributed by atoms with Crippen LogP contribution in [-0.2, 0) is 12.8 Å². The van der Waals surface area contributed by atoms with Gasteiger partial charge in [-0.25, -0.2) is 0 Å². The third-order valence-electron chi connectivity index (χ3n) is 5.26. The number of benzene rings is 2. The average Bonchev–Trinajstić information content (AvgIpc) is 3.42. The topological polar surface area (TPSA) is 64.1 Å². The van der Waals surface area contributed by atoms with Gasteiger partial charge in [-0.3, -0.25) is 5.32 Å². The molecule has 0 fully saturated rings. The van der Waals surface area contributed by atoms with Crippen molar-refractivity contribution in [1.82, 2.24) is 10.5 Å². The number of thioether (sulfide) groups is 1. The van der Waals surface area contributed by atoms with Gasteiger partial charge < -0.3 is 10.3 Å². The van der Waals surface area contributed by atoms with Crippen LogP contribution in [0, 0.1) is 5.92 Å². The fourth-order valence-corrected chi connectivity index (χ4v) is 4.63. The van der Waals surface area contributed by atoms with Crippen molar-refractivity contribution in [3.8, 4) is 11.3 Å². The highest BCUT2D eigenvalue weighted by molar-refractivity contribution is 7.99. The number of rotatable bonds is 8. The largest absolute Gasteiger partial charge is 0.360 e. The zero-order chi connectivity index (χ0) is 21.3. The van der Waals surface area contributed by atoms with Crippen LogP contribution in [-0.4, -0.2) is 17.5 Å². The monoisotopic (exact) mass is 423 g/mol. The van der Waals surface area contributed by atoms with Gasteiger partial charge in [0.2, 0.25) is 0 Å². The fraction of sp³-hybridized carbons (Fsp3) is 0.400. The van der Waals surface area contributed by atoms with Crippen LogP contribution in [0.15, 0.2) is 64.0 Å². The van der Waals surface area contributed by atoms with Crippen molar-refractivity contribution >= 4 is 11.8 Å². The summed E-state index contributed by atoms with van der Waals surface area (Å²) in [6.07, 6.45) is 3.04. The van der Waals surface area contributed by atoms with Crippen LogP contribution in [0.3, 0.4) is 0 Å². The molecule has 0 amide bonds. The maximum absolute atomic E-state index is 6.24. The molecule has 2 heterocycles. The molecule has 2 unspecified atom stereocenters. The first-order chi connectivity index (χ1) is 14.7. The molecule has 4 nitrogen and oxygen atoms in total. The van der Waals surface area contributed by atoms with E-state index >= 15 is 0 Å². The lowest BCUT2D eigenvalue weighted by Crippen LogP contribution is -2.32. The Morgan fingerprint density at radius 1 is 1.13 bits per heavy atom. The Kier molecular flexibility index (Phi) is 8.55. The SMILES string of the molecule is CC.CC(CCc1cccc(-c2noc3c2SCC3)c1)CNC(N)c1ccccc1. The van der Waals surface area contributed by atoms with E-state index in [-0.39, 0.29) is 6.17 Å². The lowest BCUT2D eigenvalue weighted by molar-refractivity contribution is 0.388. The van der Waals surface area contributed by atoms with E-state index < -0.39 is 0 Å². The van der Waals surface area contributed by atoms with Gasteiger partial charge in [0.15, 0.2) is 5.76 Å². The van der Waals surface area contributed by atoms with Crippen LogP contribution in [0.25, 0.3) is 11.3 Å². The zero-order valence-electron chi connectivity index (χ0n) is 18.2. The molecule has 0 saturated carbocycles. The first-order valence-corrected chi connectivity index (χ1v) is 11.9. The van der Waals surface area contributed by atoms with E-state index in [2.05, 4.69) is 53.8 Å². The van der Waals surface area contributed by atoms with E-state index in [0.29, 0.717) is 5.92 Å². The minimum atomic E-state index is -0.112.